The van der Waals surface area contributed by atoms with Crippen LogP contribution in [0, 0.1) is 5.92 Å². The molecule has 3 rings (SSSR count). The number of hydrogen-bond acceptors (Lipinski definition) is 4. The van der Waals surface area contributed by atoms with Gasteiger partial charge in [-0.05, 0) is 48.4 Å². The Kier molecular flexibility index (Phi) is 4.63. The maximum atomic E-state index is 5.94. The Morgan fingerprint density at radius 3 is 2.48 bits per heavy atom. The summed E-state index contributed by atoms with van der Waals surface area (Å²) in [5.41, 5.74) is 1.48. The van der Waals surface area contributed by atoms with Gasteiger partial charge in [0.2, 0.25) is 5.88 Å². The van der Waals surface area contributed by atoms with E-state index in [4.69, 9.17) is 21.1 Å². The van der Waals surface area contributed by atoms with Gasteiger partial charge in [0.05, 0.1) is 23.8 Å². The van der Waals surface area contributed by atoms with E-state index in [1.165, 1.54) is 0 Å². The summed E-state index contributed by atoms with van der Waals surface area (Å²) in [7, 11) is 0. The van der Waals surface area contributed by atoms with Gasteiger partial charge < -0.3 is 9.47 Å². The van der Waals surface area contributed by atoms with Crippen molar-refractivity contribution in [2.75, 3.05) is 6.61 Å². The second-order valence-electron chi connectivity index (χ2n) is 5.62. The fourth-order valence-corrected chi connectivity index (χ4v) is 2.17. The second-order valence-corrected chi connectivity index (χ2v) is 6.06. The number of benzene rings is 2. The van der Waals surface area contributed by atoms with Crippen molar-refractivity contribution in [3.63, 3.8) is 0 Å². The number of hydrogen-bond donors (Lipinski definition) is 0. The van der Waals surface area contributed by atoms with Crippen LogP contribution in [0.15, 0.2) is 48.7 Å². The van der Waals surface area contributed by atoms with E-state index < -0.39 is 0 Å². The third-order valence-electron chi connectivity index (χ3n) is 3.11. The molecule has 0 aliphatic heterocycles. The van der Waals surface area contributed by atoms with E-state index in [0.717, 1.165) is 16.8 Å². The fourth-order valence-electron chi connectivity index (χ4n) is 2.00. The molecule has 3 aromatic rings. The van der Waals surface area contributed by atoms with Crippen LogP contribution < -0.4 is 9.47 Å². The van der Waals surface area contributed by atoms with Crippen LogP contribution in [0.5, 0.6) is 17.4 Å². The molecule has 0 saturated carbocycles. The quantitative estimate of drug-likeness (QED) is 0.652. The molecular weight excluding hydrogens is 312 g/mol. The number of rotatable bonds is 5. The van der Waals surface area contributed by atoms with Crippen molar-refractivity contribution in [2.45, 2.75) is 13.8 Å². The molecule has 0 aliphatic rings. The average Bonchev–Trinajstić information content (AvgIpc) is 2.54. The molecule has 0 amide bonds. The largest absolute Gasteiger partial charge is 0.493 e. The topological polar surface area (TPSA) is 44.2 Å². The van der Waals surface area contributed by atoms with Crippen LogP contribution >= 0.6 is 11.6 Å². The maximum Gasteiger partial charge on any atom is 0.238 e. The zero-order valence-corrected chi connectivity index (χ0v) is 13.7. The first-order valence-electron chi connectivity index (χ1n) is 7.43. The van der Waals surface area contributed by atoms with E-state index >= 15 is 0 Å². The van der Waals surface area contributed by atoms with Crippen LogP contribution in [0.25, 0.3) is 11.0 Å². The summed E-state index contributed by atoms with van der Waals surface area (Å²) in [5.74, 6) is 2.44. The molecule has 5 heteroatoms. The van der Waals surface area contributed by atoms with Crippen LogP contribution in [-0.2, 0) is 0 Å². The second kappa shape index (κ2) is 6.84. The molecule has 0 saturated heterocycles. The van der Waals surface area contributed by atoms with E-state index in [1.54, 1.807) is 18.3 Å². The number of halogens is 1. The van der Waals surface area contributed by atoms with E-state index in [2.05, 4.69) is 23.8 Å². The lowest BCUT2D eigenvalue weighted by Crippen LogP contribution is -2.04. The molecule has 0 radical (unpaired) electrons. The zero-order valence-electron chi connectivity index (χ0n) is 13.0. The predicted octanol–water partition coefficient (Wildman–Crippen LogP) is 5.11. The number of fused-ring (bicyclic) bond motifs is 1. The Hall–Kier alpha value is -2.33. The number of ether oxygens (including phenoxy) is 2. The van der Waals surface area contributed by atoms with Crippen LogP contribution in [0.1, 0.15) is 13.8 Å². The van der Waals surface area contributed by atoms with Gasteiger partial charge in [-0.2, -0.15) is 0 Å². The Labute approximate surface area is 140 Å². The third-order valence-corrected chi connectivity index (χ3v) is 3.35. The van der Waals surface area contributed by atoms with Crippen molar-refractivity contribution in [1.29, 1.82) is 0 Å². The van der Waals surface area contributed by atoms with Crippen molar-refractivity contribution < 1.29 is 9.47 Å². The van der Waals surface area contributed by atoms with Gasteiger partial charge in [-0.1, -0.05) is 25.4 Å². The number of nitrogens with zero attached hydrogens (tertiary/aromatic N) is 2. The molecule has 23 heavy (non-hydrogen) atoms. The Morgan fingerprint density at radius 2 is 1.74 bits per heavy atom. The average molecular weight is 329 g/mol. The minimum atomic E-state index is 0.440. The molecule has 0 aliphatic carbocycles. The smallest absolute Gasteiger partial charge is 0.238 e. The van der Waals surface area contributed by atoms with Crippen LogP contribution in [-0.4, -0.2) is 16.6 Å². The van der Waals surface area contributed by atoms with Crippen molar-refractivity contribution >= 4 is 22.6 Å². The van der Waals surface area contributed by atoms with Gasteiger partial charge in [0, 0.05) is 5.02 Å². The molecule has 118 valence electrons. The summed E-state index contributed by atoms with van der Waals surface area (Å²) in [6, 6.07) is 12.8. The molecule has 0 spiro atoms. The van der Waals surface area contributed by atoms with Gasteiger partial charge >= 0.3 is 0 Å². The molecule has 2 aromatic carbocycles. The van der Waals surface area contributed by atoms with E-state index in [9.17, 15) is 0 Å². The predicted molar refractivity (Wildman–Crippen MR) is 91.4 cm³/mol. The molecule has 1 aromatic heterocycles. The van der Waals surface area contributed by atoms with Crippen molar-refractivity contribution in [1.82, 2.24) is 9.97 Å². The summed E-state index contributed by atoms with van der Waals surface area (Å²) in [6.07, 6.45) is 1.59. The third kappa shape index (κ3) is 4.11. The molecule has 1 heterocycles. The van der Waals surface area contributed by atoms with Crippen molar-refractivity contribution in [3.05, 3.63) is 53.7 Å². The molecule has 0 fully saturated rings. The van der Waals surface area contributed by atoms with Gasteiger partial charge in [0.1, 0.15) is 11.5 Å². The van der Waals surface area contributed by atoms with Crippen molar-refractivity contribution in [3.8, 4) is 17.4 Å². The molecule has 0 bridgehead atoms. The summed E-state index contributed by atoms with van der Waals surface area (Å²) in [5, 5.41) is 0.637. The van der Waals surface area contributed by atoms with E-state index in [0.29, 0.717) is 29.2 Å². The molecule has 0 N–H and O–H groups in total. The van der Waals surface area contributed by atoms with E-state index in [-0.39, 0.29) is 0 Å². The standard InChI is InChI=1S/C18H17ClN2O2/c1-12(2)11-22-14-4-6-15(7-5-14)23-18-10-20-17-9-13(19)3-8-16(17)21-18/h3-10,12H,11H2,1-2H3. The summed E-state index contributed by atoms with van der Waals surface area (Å²) in [6.45, 7) is 4.92. The minimum Gasteiger partial charge on any atom is -0.493 e. The molecule has 0 unspecified atom stereocenters. The van der Waals surface area contributed by atoms with Crippen molar-refractivity contribution in [2.24, 2.45) is 5.92 Å². The highest BCUT2D eigenvalue weighted by molar-refractivity contribution is 6.31. The molecule has 0 atom stereocenters. The normalized spacial score (nSPS) is 11.0. The minimum absolute atomic E-state index is 0.440. The van der Waals surface area contributed by atoms with Crippen LogP contribution in [0.3, 0.4) is 0 Å². The lowest BCUT2D eigenvalue weighted by molar-refractivity contribution is 0.271. The summed E-state index contributed by atoms with van der Waals surface area (Å²) >= 11 is 5.94. The van der Waals surface area contributed by atoms with Gasteiger partial charge in [-0.15, -0.1) is 0 Å². The summed E-state index contributed by atoms with van der Waals surface area (Å²) in [4.78, 5) is 8.73. The van der Waals surface area contributed by atoms with Gasteiger partial charge in [0.25, 0.3) is 0 Å². The highest BCUT2D eigenvalue weighted by Gasteiger charge is 2.04. The lowest BCUT2D eigenvalue weighted by Gasteiger charge is -2.09. The fraction of sp³-hybridized carbons (Fsp3) is 0.222. The molecule has 4 nitrogen and oxygen atoms in total. The van der Waals surface area contributed by atoms with Gasteiger partial charge in [-0.3, -0.25) is 0 Å². The highest BCUT2D eigenvalue weighted by Crippen LogP contribution is 2.24. The SMILES string of the molecule is CC(C)COc1ccc(Oc2cnc3cc(Cl)ccc3n2)cc1. The van der Waals surface area contributed by atoms with Gasteiger partial charge in [0.15, 0.2) is 0 Å². The van der Waals surface area contributed by atoms with Crippen LogP contribution in [0.4, 0.5) is 0 Å². The van der Waals surface area contributed by atoms with E-state index in [1.807, 2.05) is 30.3 Å². The Morgan fingerprint density at radius 1 is 1.00 bits per heavy atom. The maximum absolute atomic E-state index is 5.94. The zero-order chi connectivity index (χ0) is 16.2. The number of aromatic nitrogens is 2. The first-order valence-corrected chi connectivity index (χ1v) is 7.81. The van der Waals surface area contributed by atoms with Crippen LogP contribution in [0.2, 0.25) is 5.02 Å². The summed E-state index contributed by atoms with van der Waals surface area (Å²) < 4.78 is 11.4. The Balaban J connectivity index is 1.72. The van der Waals surface area contributed by atoms with Gasteiger partial charge in [-0.25, -0.2) is 9.97 Å². The molecular formula is C18H17ClN2O2. The lowest BCUT2D eigenvalue weighted by atomic mass is 10.2. The Bertz CT molecular complexity index is 804. The first kappa shape index (κ1) is 15.6. The highest BCUT2D eigenvalue weighted by atomic mass is 35.5. The monoisotopic (exact) mass is 328 g/mol. The first-order chi connectivity index (χ1) is 11.1.